The third kappa shape index (κ3) is 5.04. The normalized spacial score (nSPS) is 16.9. The Balaban J connectivity index is 1.54. The average Bonchev–Trinajstić information content (AvgIpc) is 3.43. The Bertz CT molecular complexity index is 1550. The van der Waals surface area contributed by atoms with Crippen molar-refractivity contribution in [1.82, 2.24) is 14.3 Å². The van der Waals surface area contributed by atoms with Crippen LogP contribution in [0.25, 0.3) is 10.9 Å². The number of nitro benzene ring substituents is 1. The van der Waals surface area contributed by atoms with Gasteiger partial charge in [0.05, 0.1) is 10.4 Å². The van der Waals surface area contributed by atoms with Crippen molar-refractivity contribution in [3.05, 3.63) is 87.7 Å². The number of nitro groups is 1. The van der Waals surface area contributed by atoms with Crippen LogP contribution in [0.15, 0.2) is 60.9 Å². The summed E-state index contributed by atoms with van der Waals surface area (Å²) in [6.45, 7) is -0.161. The minimum absolute atomic E-state index is 0.0649. The van der Waals surface area contributed by atoms with Gasteiger partial charge >= 0.3 is 12.1 Å². The van der Waals surface area contributed by atoms with Gasteiger partial charge in [-0.1, -0.05) is 30.3 Å². The Hall–Kier alpha value is -4.39. The van der Waals surface area contributed by atoms with E-state index in [-0.39, 0.29) is 48.2 Å². The SMILES string of the molecule is O=C(O)Cn1cc2c(n1)NCC(CC(O)(c1cn(Cc3ccccc3)c3cc([N+](=O)[O-])ccc13)C(F)(F)F)C2. The number of non-ortho nitro benzene ring substituents is 1. The van der Waals surface area contributed by atoms with Crippen molar-refractivity contribution < 1.29 is 33.1 Å². The van der Waals surface area contributed by atoms with E-state index >= 15 is 0 Å². The fourth-order valence-corrected chi connectivity index (χ4v) is 5.18. The molecule has 0 fully saturated rings. The standard InChI is InChI=1S/C26H24F3N5O5/c27-26(28,29)25(37,10-17-8-18-13-33(15-23(35)36)31-24(18)30-11-17)21-14-32(12-16-4-2-1-3-5-16)22-9-19(34(38)39)6-7-20(21)22/h1-7,9,13-14,17,37H,8,10-12,15H2,(H,30,31)(H,35,36). The maximum atomic E-state index is 14.7. The maximum absolute atomic E-state index is 14.7. The first kappa shape index (κ1) is 26.2. The molecule has 13 heteroatoms. The van der Waals surface area contributed by atoms with Crippen molar-refractivity contribution in [1.29, 1.82) is 0 Å². The number of carboxylic acids is 1. The molecule has 0 amide bonds. The van der Waals surface area contributed by atoms with Crippen LogP contribution in [0.2, 0.25) is 0 Å². The predicted octanol–water partition coefficient (Wildman–Crippen LogP) is 4.30. The Morgan fingerprint density at radius 1 is 1.18 bits per heavy atom. The number of hydrogen-bond donors (Lipinski definition) is 3. The van der Waals surface area contributed by atoms with Gasteiger partial charge in [0, 0.05) is 54.1 Å². The molecular weight excluding hydrogens is 519 g/mol. The lowest BCUT2D eigenvalue weighted by atomic mass is 9.80. The van der Waals surface area contributed by atoms with E-state index in [1.807, 2.05) is 0 Å². The number of benzene rings is 2. The molecule has 0 saturated carbocycles. The summed E-state index contributed by atoms with van der Waals surface area (Å²) < 4.78 is 46.8. The summed E-state index contributed by atoms with van der Waals surface area (Å²) in [5.74, 6) is -1.38. The van der Waals surface area contributed by atoms with Gasteiger partial charge in [0.15, 0.2) is 11.4 Å². The number of halogens is 3. The number of aromatic nitrogens is 3. The summed E-state index contributed by atoms with van der Waals surface area (Å²) in [6.07, 6.45) is -2.90. The Morgan fingerprint density at radius 3 is 2.59 bits per heavy atom. The van der Waals surface area contributed by atoms with Crippen molar-refractivity contribution >= 4 is 28.4 Å². The van der Waals surface area contributed by atoms with Crippen LogP contribution < -0.4 is 5.32 Å². The van der Waals surface area contributed by atoms with Gasteiger partial charge in [0.25, 0.3) is 5.69 Å². The third-order valence-corrected chi connectivity index (χ3v) is 6.97. The highest BCUT2D eigenvalue weighted by Crippen LogP contribution is 2.48. The van der Waals surface area contributed by atoms with E-state index in [0.717, 1.165) is 11.6 Å². The molecule has 4 aromatic rings. The molecule has 204 valence electrons. The zero-order valence-corrected chi connectivity index (χ0v) is 20.4. The fourth-order valence-electron chi connectivity index (χ4n) is 5.18. The monoisotopic (exact) mass is 543 g/mol. The summed E-state index contributed by atoms with van der Waals surface area (Å²) in [5.41, 5.74) is -2.40. The van der Waals surface area contributed by atoms with Crippen LogP contribution in [0.1, 0.15) is 23.1 Å². The topological polar surface area (TPSA) is 135 Å². The van der Waals surface area contributed by atoms with Gasteiger partial charge in [-0.2, -0.15) is 18.3 Å². The number of nitrogens with one attached hydrogen (secondary N) is 1. The highest BCUT2D eigenvalue weighted by Gasteiger charge is 2.57. The molecule has 1 aliphatic rings. The largest absolute Gasteiger partial charge is 0.480 e. The molecular formula is C26H24F3N5O5. The van der Waals surface area contributed by atoms with E-state index in [0.29, 0.717) is 11.4 Å². The molecule has 2 aromatic carbocycles. The number of aliphatic carboxylic acids is 1. The molecule has 2 atom stereocenters. The number of carbonyl (C=O) groups is 1. The zero-order valence-electron chi connectivity index (χ0n) is 20.4. The summed E-state index contributed by atoms with van der Waals surface area (Å²) in [5, 5.41) is 38.9. The molecule has 10 nitrogen and oxygen atoms in total. The lowest BCUT2D eigenvalue weighted by molar-refractivity contribution is -0.384. The summed E-state index contributed by atoms with van der Waals surface area (Å²) >= 11 is 0. The van der Waals surface area contributed by atoms with E-state index in [4.69, 9.17) is 5.11 Å². The maximum Gasteiger partial charge on any atom is 0.421 e. The minimum Gasteiger partial charge on any atom is -0.480 e. The Labute approximate surface area is 219 Å². The molecule has 5 rings (SSSR count). The second-order valence-corrected chi connectivity index (χ2v) is 9.72. The van der Waals surface area contributed by atoms with E-state index in [1.54, 1.807) is 30.3 Å². The smallest absolute Gasteiger partial charge is 0.421 e. The molecule has 0 radical (unpaired) electrons. The molecule has 0 spiro atoms. The third-order valence-electron chi connectivity index (χ3n) is 6.97. The fraction of sp³-hybridized carbons (Fsp3) is 0.308. The number of carboxylic acid groups (broad SMARTS) is 1. The molecule has 39 heavy (non-hydrogen) atoms. The van der Waals surface area contributed by atoms with Gasteiger partial charge in [-0.15, -0.1) is 0 Å². The van der Waals surface area contributed by atoms with Crippen molar-refractivity contribution in [2.24, 2.45) is 5.92 Å². The van der Waals surface area contributed by atoms with Gasteiger partial charge in [-0.3, -0.25) is 19.6 Å². The number of aliphatic hydroxyl groups is 1. The summed E-state index contributed by atoms with van der Waals surface area (Å²) in [4.78, 5) is 21.8. The predicted molar refractivity (Wildman–Crippen MR) is 134 cm³/mol. The van der Waals surface area contributed by atoms with Crippen molar-refractivity contribution in [3.8, 4) is 0 Å². The molecule has 0 bridgehead atoms. The lowest BCUT2D eigenvalue weighted by Crippen LogP contribution is -2.45. The molecule has 2 aromatic heterocycles. The molecule has 3 heterocycles. The highest BCUT2D eigenvalue weighted by molar-refractivity contribution is 5.87. The second-order valence-electron chi connectivity index (χ2n) is 9.72. The van der Waals surface area contributed by atoms with E-state index in [9.17, 15) is 33.2 Å². The number of anilines is 1. The van der Waals surface area contributed by atoms with Crippen LogP contribution >= 0.6 is 0 Å². The van der Waals surface area contributed by atoms with Crippen LogP contribution in [0, 0.1) is 16.0 Å². The van der Waals surface area contributed by atoms with Crippen molar-refractivity contribution in [2.45, 2.75) is 37.7 Å². The van der Waals surface area contributed by atoms with Gasteiger partial charge in [-0.25, -0.2) is 0 Å². The van der Waals surface area contributed by atoms with E-state index < -0.39 is 35.0 Å². The lowest BCUT2D eigenvalue weighted by Gasteiger charge is -2.35. The van der Waals surface area contributed by atoms with E-state index in [2.05, 4.69) is 10.4 Å². The van der Waals surface area contributed by atoms with Crippen LogP contribution in [0.4, 0.5) is 24.7 Å². The van der Waals surface area contributed by atoms with Crippen LogP contribution in [-0.4, -0.2) is 48.2 Å². The van der Waals surface area contributed by atoms with Gasteiger partial charge in [0.1, 0.15) is 6.54 Å². The van der Waals surface area contributed by atoms with Crippen LogP contribution in [0.5, 0.6) is 0 Å². The molecule has 0 saturated heterocycles. The molecule has 0 aliphatic carbocycles. The zero-order chi connectivity index (χ0) is 27.9. The van der Waals surface area contributed by atoms with Crippen LogP contribution in [-0.2, 0) is 29.9 Å². The quantitative estimate of drug-likeness (QED) is 0.223. The van der Waals surface area contributed by atoms with Crippen molar-refractivity contribution in [2.75, 3.05) is 11.9 Å². The second kappa shape index (κ2) is 9.73. The van der Waals surface area contributed by atoms with Gasteiger partial charge in [0.2, 0.25) is 0 Å². The highest BCUT2D eigenvalue weighted by atomic mass is 19.4. The average molecular weight is 544 g/mol. The molecule has 3 N–H and O–H groups in total. The minimum atomic E-state index is -5.06. The first-order valence-corrected chi connectivity index (χ1v) is 12.1. The molecule has 2 unspecified atom stereocenters. The van der Waals surface area contributed by atoms with E-state index in [1.165, 1.54) is 33.8 Å². The Morgan fingerprint density at radius 2 is 1.92 bits per heavy atom. The number of alkyl halides is 3. The first-order valence-electron chi connectivity index (χ1n) is 12.1. The van der Waals surface area contributed by atoms with Crippen molar-refractivity contribution in [3.63, 3.8) is 0 Å². The summed E-state index contributed by atoms with van der Waals surface area (Å²) in [7, 11) is 0. The Kier molecular flexibility index (Phi) is 6.54. The van der Waals surface area contributed by atoms with Gasteiger partial charge < -0.3 is 20.1 Å². The number of hydrogen-bond acceptors (Lipinski definition) is 6. The number of fused-ring (bicyclic) bond motifs is 2. The first-order chi connectivity index (χ1) is 18.4. The molecule has 1 aliphatic heterocycles. The summed E-state index contributed by atoms with van der Waals surface area (Å²) in [6, 6.07) is 12.5. The number of rotatable bonds is 8. The van der Waals surface area contributed by atoms with Gasteiger partial charge in [-0.05, 0) is 30.4 Å². The van der Waals surface area contributed by atoms with Crippen LogP contribution in [0.3, 0.4) is 0 Å². The number of nitrogens with zero attached hydrogens (tertiary/aromatic N) is 4.